The molecule has 1 amide bonds. The number of rotatable bonds is 4. The highest BCUT2D eigenvalue weighted by Crippen LogP contribution is 2.35. The summed E-state index contributed by atoms with van der Waals surface area (Å²) < 4.78 is 1.02. The largest absolute Gasteiger partial charge is 0.321 e. The fourth-order valence-electron chi connectivity index (χ4n) is 2.57. The Morgan fingerprint density at radius 1 is 1.19 bits per heavy atom. The standard InChI is InChI=1S/C19H19ClN4OS/c1-10(2)23-24-19-21-15-9-11(3)16(12(4)17(15)26-19)22-18(25)13-5-7-14(20)8-6-13/h5-9H,1-4H3,(H,21,24)(H,22,25). The van der Waals surface area contributed by atoms with Gasteiger partial charge in [-0.25, -0.2) is 4.98 Å². The Morgan fingerprint density at radius 3 is 2.54 bits per heavy atom. The van der Waals surface area contributed by atoms with Gasteiger partial charge >= 0.3 is 0 Å². The predicted molar refractivity (Wildman–Crippen MR) is 111 cm³/mol. The first-order chi connectivity index (χ1) is 12.3. The molecule has 26 heavy (non-hydrogen) atoms. The van der Waals surface area contributed by atoms with E-state index < -0.39 is 0 Å². The van der Waals surface area contributed by atoms with Gasteiger partial charge in [0.2, 0.25) is 5.13 Å². The summed E-state index contributed by atoms with van der Waals surface area (Å²) in [4.78, 5) is 17.1. The van der Waals surface area contributed by atoms with E-state index in [-0.39, 0.29) is 5.91 Å². The smallest absolute Gasteiger partial charge is 0.255 e. The van der Waals surface area contributed by atoms with Crippen LogP contribution in [0.5, 0.6) is 0 Å². The number of nitrogens with one attached hydrogen (secondary N) is 2. The third-order valence-electron chi connectivity index (χ3n) is 3.84. The van der Waals surface area contributed by atoms with Gasteiger partial charge in [-0.3, -0.25) is 10.2 Å². The number of nitrogens with zero attached hydrogens (tertiary/aromatic N) is 2. The second kappa shape index (κ2) is 7.43. The van der Waals surface area contributed by atoms with Crippen molar-refractivity contribution >= 4 is 55.6 Å². The van der Waals surface area contributed by atoms with Crippen LogP contribution in [-0.4, -0.2) is 16.6 Å². The second-order valence-electron chi connectivity index (χ2n) is 6.19. The molecule has 0 aliphatic carbocycles. The molecule has 0 aliphatic heterocycles. The zero-order valence-electron chi connectivity index (χ0n) is 15.0. The Bertz CT molecular complexity index is 1000. The monoisotopic (exact) mass is 386 g/mol. The van der Waals surface area contributed by atoms with Crippen molar-refractivity contribution in [2.45, 2.75) is 27.7 Å². The summed E-state index contributed by atoms with van der Waals surface area (Å²) in [5.74, 6) is -0.165. The van der Waals surface area contributed by atoms with Crippen LogP contribution in [0.1, 0.15) is 35.3 Å². The number of hydrogen-bond acceptors (Lipinski definition) is 5. The van der Waals surface area contributed by atoms with Crippen molar-refractivity contribution in [2.24, 2.45) is 5.10 Å². The molecule has 2 aromatic carbocycles. The summed E-state index contributed by atoms with van der Waals surface area (Å²) in [6.07, 6.45) is 0. The topological polar surface area (TPSA) is 66.4 Å². The van der Waals surface area contributed by atoms with Gasteiger partial charge in [-0.15, -0.1) is 0 Å². The van der Waals surface area contributed by atoms with E-state index in [2.05, 4.69) is 20.8 Å². The first kappa shape index (κ1) is 18.4. The van der Waals surface area contributed by atoms with Gasteiger partial charge < -0.3 is 5.32 Å². The minimum atomic E-state index is -0.165. The third kappa shape index (κ3) is 3.86. The van der Waals surface area contributed by atoms with Gasteiger partial charge in [-0.2, -0.15) is 5.10 Å². The molecule has 0 unspecified atom stereocenters. The predicted octanol–water partition coefficient (Wildman–Crippen LogP) is 5.63. The molecule has 0 bridgehead atoms. The van der Waals surface area contributed by atoms with Crippen molar-refractivity contribution < 1.29 is 4.79 Å². The minimum Gasteiger partial charge on any atom is -0.321 e. The molecule has 2 N–H and O–H groups in total. The number of aryl methyl sites for hydroxylation is 2. The summed E-state index contributed by atoms with van der Waals surface area (Å²) in [5.41, 5.74) is 8.11. The van der Waals surface area contributed by atoms with E-state index in [1.54, 1.807) is 24.3 Å². The fourth-order valence-corrected chi connectivity index (χ4v) is 3.59. The maximum Gasteiger partial charge on any atom is 0.255 e. The number of thiazole rings is 1. The van der Waals surface area contributed by atoms with Crippen molar-refractivity contribution in [1.29, 1.82) is 0 Å². The Morgan fingerprint density at radius 2 is 1.88 bits per heavy atom. The number of aromatic nitrogens is 1. The van der Waals surface area contributed by atoms with E-state index in [1.807, 2.05) is 33.8 Å². The Labute approximate surface area is 161 Å². The molecule has 0 saturated carbocycles. The van der Waals surface area contributed by atoms with Crippen molar-refractivity contribution in [3.63, 3.8) is 0 Å². The molecule has 7 heteroatoms. The van der Waals surface area contributed by atoms with Crippen LogP contribution in [0.25, 0.3) is 10.2 Å². The number of anilines is 2. The van der Waals surface area contributed by atoms with Crippen LogP contribution in [-0.2, 0) is 0 Å². The van der Waals surface area contributed by atoms with E-state index in [0.29, 0.717) is 10.6 Å². The number of hydrogen-bond donors (Lipinski definition) is 2. The highest BCUT2D eigenvalue weighted by Gasteiger charge is 2.15. The lowest BCUT2D eigenvalue weighted by Crippen LogP contribution is -2.13. The van der Waals surface area contributed by atoms with Crippen LogP contribution >= 0.6 is 22.9 Å². The number of hydrazone groups is 1. The van der Waals surface area contributed by atoms with E-state index in [9.17, 15) is 4.79 Å². The molecular weight excluding hydrogens is 368 g/mol. The van der Waals surface area contributed by atoms with Crippen LogP contribution in [0.2, 0.25) is 5.02 Å². The van der Waals surface area contributed by atoms with Crippen molar-refractivity contribution in [1.82, 2.24) is 4.98 Å². The second-order valence-corrected chi connectivity index (χ2v) is 7.63. The Balaban J connectivity index is 1.94. The van der Waals surface area contributed by atoms with Crippen LogP contribution in [0.15, 0.2) is 35.4 Å². The fraction of sp³-hybridized carbons (Fsp3) is 0.211. The number of halogens is 1. The van der Waals surface area contributed by atoms with E-state index in [1.165, 1.54) is 11.3 Å². The number of carbonyl (C=O) groups excluding carboxylic acids is 1. The Kier molecular flexibility index (Phi) is 5.25. The Hall–Kier alpha value is -2.44. The molecule has 1 aromatic heterocycles. The highest BCUT2D eigenvalue weighted by atomic mass is 35.5. The summed E-state index contributed by atoms with van der Waals surface area (Å²) in [6, 6.07) is 8.80. The molecule has 0 radical (unpaired) electrons. The summed E-state index contributed by atoms with van der Waals surface area (Å²) in [5, 5.41) is 8.54. The first-order valence-corrected chi connectivity index (χ1v) is 9.29. The van der Waals surface area contributed by atoms with Crippen molar-refractivity contribution in [3.05, 3.63) is 52.0 Å². The van der Waals surface area contributed by atoms with Gasteiger partial charge in [0.25, 0.3) is 5.91 Å². The SMILES string of the molecule is CC(C)=NNc1nc2cc(C)c(NC(=O)c3ccc(Cl)cc3)c(C)c2s1. The normalized spacial score (nSPS) is 10.7. The lowest BCUT2D eigenvalue weighted by molar-refractivity contribution is 0.102. The van der Waals surface area contributed by atoms with Crippen molar-refractivity contribution in [3.8, 4) is 0 Å². The van der Waals surface area contributed by atoms with Gasteiger partial charge in [0, 0.05) is 22.0 Å². The molecule has 0 aliphatic rings. The maximum absolute atomic E-state index is 12.6. The molecule has 0 fully saturated rings. The molecule has 1 heterocycles. The van der Waals surface area contributed by atoms with Gasteiger partial charge in [-0.05, 0) is 69.2 Å². The maximum atomic E-state index is 12.6. The van der Waals surface area contributed by atoms with E-state index in [4.69, 9.17) is 11.6 Å². The van der Waals surface area contributed by atoms with Crippen LogP contribution < -0.4 is 10.7 Å². The van der Waals surface area contributed by atoms with E-state index >= 15 is 0 Å². The third-order valence-corrected chi connectivity index (χ3v) is 5.18. The molecule has 3 rings (SSSR count). The average Bonchev–Trinajstić information content (AvgIpc) is 3.00. The summed E-state index contributed by atoms with van der Waals surface area (Å²) in [7, 11) is 0. The minimum absolute atomic E-state index is 0.165. The van der Waals surface area contributed by atoms with Gasteiger partial charge in [-0.1, -0.05) is 22.9 Å². The lowest BCUT2D eigenvalue weighted by Gasteiger charge is -2.12. The van der Waals surface area contributed by atoms with Crippen LogP contribution in [0, 0.1) is 13.8 Å². The highest BCUT2D eigenvalue weighted by molar-refractivity contribution is 7.22. The van der Waals surface area contributed by atoms with Crippen LogP contribution in [0.4, 0.5) is 10.8 Å². The first-order valence-electron chi connectivity index (χ1n) is 8.09. The number of benzene rings is 2. The quantitative estimate of drug-likeness (QED) is 0.451. The number of amides is 1. The number of fused-ring (bicyclic) bond motifs is 1. The van der Waals surface area contributed by atoms with Crippen LogP contribution in [0.3, 0.4) is 0 Å². The molecule has 0 saturated heterocycles. The molecule has 134 valence electrons. The molecule has 3 aromatic rings. The van der Waals surface area contributed by atoms with E-state index in [0.717, 1.165) is 37.9 Å². The summed E-state index contributed by atoms with van der Waals surface area (Å²) in [6.45, 7) is 7.79. The van der Waals surface area contributed by atoms with Gasteiger partial charge in [0.05, 0.1) is 10.2 Å². The molecular formula is C19H19ClN4OS. The molecule has 0 spiro atoms. The van der Waals surface area contributed by atoms with Gasteiger partial charge in [0.1, 0.15) is 0 Å². The average molecular weight is 387 g/mol. The molecule has 0 atom stereocenters. The summed E-state index contributed by atoms with van der Waals surface area (Å²) >= 11 is 7.40. The van der Waals surface area contributed by atoms with Crippen molar-refractivity contribution in [2.75, 3.05) is 10.7 Å². The number of carbonyl (C=O) groups is 1. The molecule has 5 nitrogen and oxygen atoms in total. The zero-order chi connectivity index (χ0) is 18.8. The lowest BCUT2D eigenvalue weighted by atomic mass is 10.1. The van der Waals surface area contributed by atoms with Gasteiger partial charge in [0.15, 0.2) is 0 Å². The zero-order valence-corrected chi connectivity index (χ0v) is 16.5.